The highest BCUT2D eigenvalue weighted by molar-refractivity contribution is 5.77. The molecule has 0 radical (unpaired) electrons. The fourth-order valence-electron chi connectivity index (χ4n) is 2.73. The van der Waals surface area contributed by atoms with Gasteiger partial charge >= 0.3 is 0 Å². The van der Waals surface area contributed by atoms with Crippen LogP contribution in [0.5, 0.6) is 0 Å². The first-order valence-electron chi connectivity index (χ1n) is 7.00. The van der Waals surface area contributed by atoms with Gasteiger partial charge in [-0.05, 0) is 37.5 Å². The Morgan fingerprint density at radius 3 is 2.53 bits per heavy atom. The quantitative estimate of drug-likeness (QED) is 0.902. The second kappa shape index (κ2) is 6.15. The van der Waals surface area contributed by atoms with Crippen LogP contribution in [0.2, 0.25) is 0 Å². The lowest BCUT2D eigenvalue weighted by Gasteiger charge is -2.36. The zero-order valence-electron chi connectivity index (χ0n) is 12.0. The molecule has 0 aliphatic carbocycles. The van der Waals surface area contributed by atoms with Gasteiger partial charge in [0.05, 0.1) is 0 Å². The summed E-state index contributed by atoms with van der Waals surface area (Å²) < 4.78 is 0. The SMILES string of the molecule is CC1CN(C(=O)CC(C)c2ccncc2)CC(C)N1. The van der Waals surface area contributed by atoms with Crippen LogP contribution in [0.4, 0.5) is 0 Å². The van der Waals surface area contributed by atoms with Gasteiger partial charge in [-0.2, -0.15) is 0 Å². The Bertz CT molecular complexity index is 411. The van der Waals surface area contributed by atoms with E-state index in [1.165, 1.54) is 5.56 Å². The standard InChI is InChI=1S/C15H23N3O/c1-11(14-4-6-16-7-5-14)8-15(19)18-9-12(2)17-13(3)10-18/h4-7,11-13,17H,8-10H2,1-3H3. The van der Waals surface area contributed by atoms with Gasteiger partial charge in [-0.25, -0.2) is 0 Å². The van der Waals surface area contributed by atoms with Crippen LogP contribution in [0.25, 0.3) is 0 Å². The molecule has 2 rings (SSSR count). The van der Waals surface area contributed by atoms with Crippen LogP contribution < -0.4 is 5.32 Å². The van der Waals surface area contributed by atoms with Gasteiger partial charge in [0.2, 0.25) is 5.91 Å². The number of aromatic nitrogens is 1. The molecule has 1 aliphatic rings. The highest BCUT2D eigenvalue weighted by Gasteiger charge is 2.25. The van der Waals surface area contributed by atoms with Crippen LogP contribution in [0.3, 0.4) is 0 Å². The van der Waals surface area contributed by atoms with Gasteiger partial charge < -0.3 is 10.2 Å². The Morgan fingerprint density at radius 1 is 1.37 bits per heavy atom. The molecule has 104 valence electrons. The lowest BCUT2D eigenvalue weighted by molar-refractivity contribution is -0.133. The Balaban J connectivity index is 1.93. The fourth-order valence-corrected chi connectivity index (χ4v) is 2.73. The Labute approximate surface area is 115 Å². The largest absolute Gasteiger partial charge is 0.340 e. The fraction of sp³-hybridized carbons (Fsp3) is 0.600. The second-order valence-electron chi connectivity index (χ2n) is 5.65. The number of pyridine rings is 1. The second-order valence-corrected chi connectivity index (χ2v) is 5.65. The summed E-state index contributed by atoms with van der Waals surface area (Å²) >= 11 is 0. The van der Waals surface area contributed by atoms with Crippen molar-refractivity contribution >= 4 is 5.91 Å². The van der Waals surface area contributed by atoms with Crippen LogP contribution in [0.15, 0.2) is 24.5 Å². The number of carbonyl (C=O) groups is 1. The molecule has 4 nitrogen and oxygen atoms in total. The van der Waals surface area contributed by atoms with Gasteiger partial charge in [0.1, 0.15) is 0 Å². The van der Waals surface area contributed by atoms with Crippen molar-refractivity contribution in [3.63, 3.8) is 0 Å². The summed E-state index contributed by atoms with van der Waals surface area (Å²) in [5.74, 6) is 0.500. The molecule has 1 aromatic heterocycles. The number of amides is 1. The van der Waals surface area contributed by atoms with Crippen molar-refractivity contribution in [2.24, 2.45) is 0 Å². The number of carbonyl (C=O) groups excluding carboxylic acids is 1. The maximum absolute atomic E-state index is 12.4. The van der Waals surface area contributed by atoms with E-state index >= 15 is 0 Å². The third kappa shape index (κ3) is 3.77. The van der Waals surface area contributed by atoms with Gasteiger partial charge in [0.15, 0.2) is 0 Å². The minimum Gasteiger partial charge on any atom is -0.340 e. The first-order valence-corrected chi connectivity index (χ1v) is 7.00. The number of nitrogens with one attached hydrogen (secondary N) is 1. The zero-order valence-corrected chi connectivity index (χ0v) is 12.0. The van der Waals surface area contributed by atoms with Gasteiger partial charge in [0.25, 0.3) is 0 Å². The molecule has 3 unspecified atom stereocenters. The summed E-state index contributed by atoms with van der Waals surface area (Å²) in [6.45, 7) is 7.98. The Morgan fingerprint density at radius 2 is 1.95 bits per heavy atom. The topological polar surface area (TPSA) is 45.2 Å². The summed E-state index contributed by atoms with van der Waals surface area (Å²) in [6.07, 6.45) is 4.14. The normalized spacial score (nSPS) is 25.1. The van der Waals surface area contributed by atoms with E-state index in [0.717, 1.165) is 13.1 Å². The third-order valence-electron chi connectivity index (χ3n) is 3.67. The molecule has 1 aromatic rings. The van der Waals surface area contributed by atoms with E-state index in [1.54, 1.807) is 12.4 Å². The van der Waals surface area contributed by atoms with E-state index in [2.05, 4.69) is 31.1 Å². The van der Waals surface area contributed by atoms with Crippen molar-refractivity contribution in [3.05, 3.63) is 30.1 Å². The number of hydrogen-bond acceptors (Lipinski definition) is 3. The average molecular weight is 261 g/mol. The van der Waals surface area contributed by atoms with Crippen molar-refractivity contribution in [2.45, 2.75) is 45.2 Å². The number of rotatable bonds is 3. The molecule has 1 N–H and O–H groups in total. The van der Waals surface area contributed by atoms with Crippen molar-refractivity contribution in [2.75, 3.05) is 13.1 Å². The van der Waals surface area contributed by atoms with E-state index in [-0.39, 0.29) is 11.8 Å². The van der Waals surface area contributed by atoms with Gasteiger partial charge in [-0.1, -0.05) is 6.92 Å². The molecule has 4 heteroatoms. The maximum Gasteiger partial charge on any atom is 0.223 e. The van der Waals surface area contributed by atoms with E-state index in [1.807, 2.05) is 17.0 Å². The molecular weight excluding hydrogens is 238 g/mol. The van der Waals surface area contributed by atoms with Crippen molar-refractivity contribution in [1.29, 1.82) is 0 Å². The predicted molar refractivity (Wildman–Crippen MR) is 75.9 cm³/mol. The van der Waals surface area contributed by atoms with E-state index in [0.29, 0.717) is 18.5 Å². The molecule has 1 fully saturated rings. The summed E-state index contributed by atoms with van der Waals surface area (Å²) in [5, 5.41) is 3.45. The van der Waals surface area contributed by atoms with E-state index in [9.17, 15) is 4.79 Å². The van der Waals surface area contributed by atoms with Crippen LogP contribution >= 0.6 is 0 Å². The van der Waals surface area contributed by atoms with Crippen molar-refractivity contribution < 1.29 is 4.79 Å². The molecule has 0 saturated carbocycles. The minimum atomic E-state index is 0.246. The molecule has 1 aliphatic heterocycles. The highest BCUT2D eigenvalue weighted by atomic mass is 16.2. The summed E-state index contributed by atoms with van der Waals surface area (Å²) in [5.41, 5.74) is 1.18. The monoisotopic (exact) mass is 261 g/mol. The van der Waals surface area contributed by atoms with E-state index in [4.69, 9.17) is 0 Å². The number of piperazine rings is 1. The Hall–Kier alpha value is -1.42. The Kier molecular flexibility index (Phi) is 4.53. The molecule has 3 atom stereocenters. The first-order chi connectivity index (χ1) is 9.06. The number of hydrogen-bond donors (Lipinski definition) is 1. The maximum atomic E-state index is 12.4. The molecular formula is C15H23N3O. The van der Waals surface area contributed by atoms with Gasteiger partial charge in [0, 0.05) is 44.0 Å². The molecule has 0 bridgehead atoms. The average Bonchev–Trinajstić information content (AvgIpc) is 2.38. The minimum absolute atomic E-state index is 0.246. The summed E-state index contributed by atoms with van der Waals surface area (Å²) in [7, 11) is 0. The molecule has 2 heterocycles. The van der Waals surface area contributed by atoms with Crippen LogP contribution in [0.1, 0.15) is 38.7 Å². The molecule has 19 heavy (non-hydrogen) atoms. The zero-order chi connectivity index (χ0) is 13.8. The predicted octanol–water partition coefficient (Wildman–Crippen LogP) is 1.78. The highest BCUT2D eigenvalue weighted by Crippen LogP contribution is 2.19. The number of nitrogens with zero attached hydrogens (tertiary/aromatic N) is 2. The van der Waals surface area contributed by atoms with Gasteiger partial charge in [-0.3, -0.25) is 9.78 Å². The van der Waals surface area contributed by atoms with Crippen LogP contribution in [-0.2, 0) is 4.79 Å². The smallest absolute Gasteiger partial charge is 0.223 e. The van der Waals surface area contributed by atoms with Gasteiger partial charge in [-0.15, -0.1) is 0 Å². The van der Waals surface area contributed by atoms with Crippen LogP contribution in [-0.4, -0.2) is 41.0 Å². The molecule has 0 aromatic carbocycles. The lowest BCUT2D eigenvalue weighted by atomic mass is 9.98. The molecule has 0 spiro atoms. The lowest BCUT2D eigenvalue weighted by Crippen LogP contribution is -2.55. The van der Waals surface area contributed by atoms with Crippen molar-refractivity contribution in [3.8, 4) is 0 Å². The molecule has 1 amide bonds. The molecule has 1 saturated heterocycles. The third-order valence-corrected chi connectivity index (χ3v) is 3.67. The summed E-state index contributed by atoms with van der Waals surface area (Å²) in [6, 6.07) is 4.73. The van der Waals surface area contributed by atoms with Crippen LogP contribution in [0, 0.1) is 0 Å². The van der Waals surface area contributed by atoms with E-state index < -0.39 is 0 Å². The first kappa shape index (κ1) is 14.0. The van der Waals surface area contributed by atoms with Crippen molar-refractivity contribution in [1.82, 2.24) is 15.2 Å². The summed E-state index contributed by atoms with van der Waals surface area (Å²) in [4.78, 5) is 18.4.